The van der Waals surface area contributed by atoms with E-state index in [2.05, 4.69) is 11.6 Å². The van der Waals surface area contributed by atoms with Crippen LogP contribution in [0.15, 0.2) is 0 Å². The third kappa shape index (κ3) is 3.88. The predicted octanol–water partition coefficient (Wildman–Crippen LogP) is 2.28. The average molecular weight is 285 g/mol. The minimum atomic E-state index is -0.754. The Bertz CT molecular complexity index is 348. The average Bonchev–Trinajstić information content (AvgIpc) is 2.89. The molecule has 0 bridgehead atoms. The van der Waals surface area contributed by atoms with Crippen LogP contribution in [0.3, 0.4) is 0 Å². The molecule has 0 radical (unpaired) electrons. The molecule has 0 saturated heterocycles. The molecule has 19 heavy (non-hydrogen) atoms. The molecule has 0 spiro atoms. The highest BCUT2D eigenvalue weighted by molar-refractivity contribution is 7.99. The van der Waals surface area contributed by atoms with Gasteiger partial charge in [-0.25, -0.2) is 0 Å². The summed E-state index contributed by atoms with van der Waals surface area (Å²) >= 11 is 1.88. The Kier molecular flexibility index (Phi) is 5.13. The Balaban J connectivity index is 1.79. The van der Waals surface area contributed by atoms with Crippen LogP contribution in [-0.2, 0) is 9.59 Å². The number of hydrogen-bond acceptors (Lipinski definition) is 3. The third-order valence-electron chi connectivity index (χ3n) is 4.46. The molecule has 0 aromatic rings. The van der Waals surface area contributed by atoms with Crippen LogP contribution in [0.5, 0.6) is 0 Å². The van der Waals surface area contributed by atoms with Gasteiger partial charge in [-0.3, -0.25) is 9.59 Å². The molecule has 0 aliphatic heterocycles. The van der Waals surface area contributed by atoms with Gasteiger partial charge < -0.3 is 10.4 Å². The molecule has 2 N–H and O–H groups in total. The van der Waals surface area contributed by atoms with Crippen molar-refractivity contribution in [1.29, 1.82) is 0 Å². The second-order valence-electron chi connectivity index (χ2n) is 5.77. The maximum absolute atomic E-state index is 12.2. The van der Waals surface area contributed by atoms with E-state index in [0.717, 1.165) is 19.3 Å². The van der Waals surface area contributed by atoms with Gasteiger partial charge in [-0.15, -0.1) is 0 Å². The predicted molar refractivity (Wildman–Crippen MR) is 76.2 cm³/mol. The summed E-state index contributed by atoms with van der Waals surface area (Å²) < 4.78 is 0. The SMILES string of the molecule is CSC1CCCC(NC(=O)C2CCC(C(=O)O)C2)C1. The number of thioether (sulfide) groups is 1. The first-order valence-corrected chi connectivity index (χ1v) is 8.45. The summed E-state index contributed by atoms with van der Waals surface area (Å²) in [5.41, 5.74) is 0. The normalized spacial score (nSPS) is 35.0. The molecule has 4 atom stereocenters. The number of aliphatic carboxylic acids is 1. The molecule has 0 aromatic carbocycles. The van der Waals surface area contributed by atoms with Crippen molar-refractivity contribution < 1.29 is 14.7 Å². The summed E-state index contributed by atoms with van der Waals surface area (Å²) in [5, 5.41) is 12.8. The number of carbonyl (C=O) groups is 2. The maximum Gasteiger partial charge on any atom is 0.306 e. The molecular weight excluding hydrogens is 262 g/mol. The van der Waals surface area contributed by atoms with Crippen LogP contribution >= 0.6 is 11.8 Å². The number of amides is 1. The third-order valence-corrected chi connectivity index (χ3v) is 5.55. The fraction of sp³-hybridized carbons (Fsp3) is 0.857. The van der Waals surface area contributed by atoms with Crippen molar-refractivity contribution >= 4 is 23.6 Å². The second-order valence-corrected chi connectivity index (χ2v) is 6.91. The molecule has 4 unspecified atom stereocenters. The number of rotatable bonds is 4. The quantitative estimate of drug-likeness (QED) is 0.831. The van der Waals surface area contributed by atoms with Gasteiger partial charge >= 0.3 is 5.97 Å². The monoisotopic (exact) mass is 285 g/mol. The van der Waals surface area contributed by atoms with E-state index in [0.29, 0.717) is 24.1 Å². The lowest BCUT2D eigenvalue weighted by Gasteiger charge is -2.29. The summed E-state index contributed by atoms with van der Waals surface area (Å²) in [4.78, 5) is 23.1. The van der Waals surface area contributed by atoms with Crippen LogP contribution in [0.2, 0.25) is 0 Å². The van der Waals surface area contributed by atoms with Crippen LogP contribution in [0.25, 0.3) is 0 Å². The van der Waals surface area contributed by atoms with Gasteiger partial charge in [0, 0.05) is 17.2 Å². The first-order valence-electron chi connectivity index (χ1n) is 7.16. The molecule has 2 aliphatic rings. The molecule has 0 aromatic heterocycles. The number of carboxylic acid groups (broad SMARTS) is 1. The highest BCUT2D eigenvalue weighted by Crippen LogP contribution is 2.32. The molecule has 4 nitrogen and oxygen atoms in total. The lowest BCUT2D eigenvalue weighted by atomic mass is 9.94. The Morgan fingerprint density at radius 3 is 2.47 bits per heavy atom. The zero-order chi connectivity index (χ0) is 13.8. The second kappa shape index (κ2) is 6.64. The summed E-state index contributed by atoms with van der Waals surface area (Å²) in [5.74, 6) is -1.08. The van der Waals surface area contributed by atoms with Gasteiger partial charge in [0.2, 0.25) is 5.91 Å². The molecular formula is C14H23NO3S. The summed E-state index contributed by atoms with van der Waals surface area (Å²) in [6.07, 6.45) is 8.56. The first-order chi connectivity index (χ1) is 9.10. The fourth-order valence-corrected chi connectivity index (χ4v) is 4.08. The zero-order valence-corrected chi connectivity index (χ0v) is 12.2. The molecule has 2 fully saturated rings. The molecule has 5 heteroatoms. The van der Waals surface area contributed by atoms with E-state index in [1.165, 1.54) is 12.8 Å². The number of carbonyl (C=O) groups excluding carboxylic acids is 1. The molecule has 2 rings (SSSR count). The lowest BCUT2D eigenvalue weighted by Crippen LogP contribution is -2.41. The van der Waals surface area contributed by atoms with Gasteiger partial charge in [-0.05, 0) is 44.8 Å². The van der Waals surface area contributed by atoms with E-state index in [1.54, 1.807) is 0 Å². The molecule has 2 saturated carbocycles. The molecule has 0 heterocycles. The Hall–Kier alpha value is -0.710. The highest BCUT2D eigenvalue weighted by atomic mass is 32.2. The van der Waals surface area contributed by atoms with E-state index < -0.39 is 5.97 Å². The van der Waals surface area contributed by atoms with E-state index in [-0.39, 0.29) is 17.7 Å². The van der Waals surface area contributed by atoms with Crippen LogP contribution in [0.4, 0.5) is 0 Å². The smallest absolute Gasteiger partial charge is 0.306 e. The Morgan fingerprint density at radius 2 is 1.84 bits per heavy atom. The van der Waals surface area contributed by atoms with Crippen LogP contribution in [0, 0.1) is 11.8 Å². The van der Waals surface area contributed by atoms with Crippen LogP contribution in [0.1, 0.15) is 44.9 Å². The van der Waals surface area contributed by atoms with Crippen LogP contribution < -0.4 is 5.32 Å². The highest BCUT2D eigenvalue weighted by Gasteiger charge is 2.35. The van der Waals surface area contributed by atoms with Crippen molar-refractivity contribution in [2.45, 2.75) is 56.2 Å². The van der Waals surface area contributed by atoms with Gasteiger partial charge in [-0.1, -0.05) is 6.42 Å². The molecule has 108 valence electrons. The van der Waals surface area contributed by atoms with Crippen molar-refractivity contribution in [3.05, 3.63) is 0 Å². The Labute approximate surface area is 118 Å². The fourth-order valence-electron chi connectivity index (χ4n) is 3.25. The number of carboxylic acids is 1. The minimum absolute atomic E-state index is 0.0792. The number of nitrogens with one attached hydrogen (secondary N) is 1. The van der Waals surface area contributed by atoms with Crippen molar-refractivity contribution in [3.8, 4) is 0 Å². The van der Waals surface area contributed by atoms with Crippen molar-refractivity contribution in [1.82, 2.24) is 5.32 Å². The summed E-state index contributed by atoms with van der Waals surface area (Å²) in [6, 6.07) is 0.294. The standard InChI is InChI=1S/C14H23NO3S/c1-19-12-4-2-3-11(8-12)15-13(16)9-5-6-10(7-9)14(17)18/h9-12H,2-8H2,1H3,(H,15,16)(H,17,18). The summed E-state index contributed by atoms with van der Waals surface area (Å²) in [6.45, 7) is 0. The van der Waals surface area contributed by atoms with E-state index in [9.17, 15) is 9.59 Å². The lowest BCUT2D eigenvalue weighted by molar-refractivity contribution is -0.141. The van der Waals surface area contributed by atoms with Gasteiger partial charge in [0.1, 0.15) is 0 Å². The largest absolute Gasteiger partial charge is 0.481 e. The van der Waals surface area contributed by atoms with E-state index in [4.69, 9.17) is 5.11 Å². The zero-order valence-electron chi connectivity index (χ0n) is 11.4. The Morgan fingerprint density at radius 1 is 1.11 bits per heavy atom. The first kappa shape index (κ1) is 14.7. The minimum Gasteiger partial charge on any atom is -0.481 e. The van der Waals surface area contributed by atoms with Crippen molar-refractivity contribution in [3.63, 3.8) is 0 Å². The van der Waals surface area contributed by atoms with E-state index >= 15 is 0 Å². The topological polar surface area (TPSA) is 66.4 Å². The van der Waals surface area contributed by atoms with Crippen molar-refractivity contribution in [2.24, 2.45) is 11.8 Å². The maximum atomic E-state index is 12.2. The van der Waals surface area contributed by atoms with Crippen molar-refractivity contribution in [2.75, 3.05) is 6.26 Å². The summed E-state index contributed by atoms with van der Waals surface area (Å²) in [7, 11) is 0. The molecule has 2 aliphatic carbocycles. The van der Waals surface area contributed by atoms with Crippen LogP contribution in [-0.4, -0.2) is 34.5 Å². The van der Waals surface area contributed by atoms with Gasteiger partial charge in [0.15, 0.2) is 0 Å². The molecule has 1 amide bonds. The van der Waals surface area contributed by atoms with E-state index in [1.807, 2.05) is 11.8 Å². The van der Waals surface area contributed by atoms with Gasteiger partial charge in [-0.2, -0.15) is 11.8 Å². The van der Waals surface area contributed by atoms with Gasteiger partial charge in [0.05, 0.1) is 5.92 Å². The number of hydrogen-bond donors (Lipinski definition) is 2. The van der Waals surface area contributed by atoms with Gasteiger partial charge in [0.25, 0.3) is 0 Å².